The molecule has 2 nitrogen and oxygen atoms in total. The quantitative estimate of drug-likeness (QED) is 0.847. The van der Waals surface area contributed by atoms with Crippen molar-refractivity contribution in [2.75, 3.05) is 7.05 Å². The average Bonchev–Trinajstić information content (AvgIpc) is 2.36. The zero-order valence-electron chi connectivity index (χ0n) is 11.6. The van der Waals surface area contributed by atoms with Gasteiger partial charge >= 0.3 is 0 Å². The summed E-state index contributed by atoms with van der Waals surface area (Å²) in [6.45, 7) is 8.51. The lowest BCUT2D eigenvalue weighted by atomic mass is 10.00. The molecule has 1 N–H and O–H groups in total. The first-order valence-electron chi connectivity index (χ1n) is 6.44. The summed E-state index contributed by atoms with van der Waals surface area (Å²) in [6.07, 6.45) is 0.677. The Morgan fingerprint density at radius 2 is 1.71 bits per heavy atom. The number of aliphatic hydroxyl groups excluding tert-OH is 1. The van der Waals surface area contributed by atoms with Crippen LogP contribution in [-0.2, 0) is 0 Å². The Bertz CT molecular complexity index is 333. The molecular formula is C15H25NO. The number of nitrogens with zero attached hydrogens (tertiary/aromatic N) is 1. The minimum Gasteiger partial charge on any atom is -0.387 e. The minimum absolute atomic E-state index is 0.132. The van der Waals surface area contributed by atoms with Crippen LogP contribution < -0.4 is 0 Å². The number of aliphatic hydroxyl groups is 1. The molecule has 0 bridgehead atoms. The Hall–Kier alpha value is -0.860. The molecule has 3 atom stereocenters. The van der Waals surface area contributed by atoms with Gasteiger partial charge in [-0.1, -0.05) is 36.8 Å². The number of aryl methyl sites for hydroxylation is 1. The smallest absolute Gasteiger partial charge is 0.0942 e. The Labute approximate surface area is 105 Å². The molecule has 0 saturated heterocycles. The molecule has 0 spiro atoms. The van der Waals surface area contributed by atoms with Gasteiger partial charge in [0, 0.05) is 12.1 Å². The monoisotopic (exact) mass is 235 g/mol. The zero-order chi connectivity index (χ0) is 13.0. The number of rotatable bonds is 5. The summed E-state index contributed by atoms with van der Waals surface area (Å²) < 4.78 is 0. The standard InChI is InChI=1S/C15H25NO/c1-6-12(3)16(5)13(4)15(17)14-9-7-11(2)8-10-14/h7-10,12-13,15,17H,6H2,1-5H3. The van der Waals surface area contributed by atoms with Crippen LogP contribution in [0.3, 0.4) is 0 Å². The highest BCUT2D eigenvalue weighted by molar-refractivity contribution is 5.24. The molecule has 0 aliphatic rings. The first kappa shape index (κ1) is 14.2. The molecule has 0 fully saturated rings. The van der Waals surface area contributed by atoms with Crippen LogP contribution in [0.1, 0.15) is 44.4 Å². The van der Waals surface area contributed by atoms with Crippen LogP contribution in [0.15, 0.2) is 24.3 Å². The molecule has 1 aromatic carbocycles. The Morgan fingerprint density at radius 1 is 1.18 bits per heavy atom. The van der Waals surface area contributed by atoms with E-state index in [4.69, 9.17) is 0 Å². The van der Waals surface area contributed by atoms with E-state index in [0.29, 0.717) is 6.04 Å². The normalized spacial score (nSPS) is 16.9. The van der Waals surface area contributed by atoms with Crippen molar-refractivity contribution in [1.82, 2.24) is 4.90 Å². The summed E-state index contributed by atoms with van der Waals surface area (Å²) in [5.74, 6) is 0. The zero-order valence-corrected chi connectivity index (χ0v) is 11.6. The fourth-order valence-electron chi connectivity index (χ4n) is 1.95. The molecule has 0 saturated carbocycles. The molecule has 0 heterocycles. The Morgan fingerprint density at radius 3 is 2.18 bits per heavy atom. The maximum atomic E-state index is 10.4. The highest BCUT2D eigenvalue weighted by atomic mass is 16.3. The van der Waals surface area contributed by atoms with Crippen LogP contribution in [0.25, 0.3) is 0 Å². The van der Waals surface area contributed by atoms with Gasteiger partial charge in [-0.15, -0.1) is 0 Å². The van der Waals surface area contributed by atoms with E-state index in [-0.39, 0.29) is 6.04 Å². The van der Waals surface area contributed by atoms with Gasteiger partial charge in [-0.25, -0.2) is 0 Å². The fourth-order valence-corrected chi connectivity index (χ4v) is 1.95. The van der Waals surface area contributed by atoms with Crippen LogP contribution in [0.4, 0.5) is 0 Å². The van der Waals surface area contributed by atoms with E-state index >= 15 is 0 Å². The van der Waals surface area contributed by atoms with Crippen molar-refractivity contribution in [3.8, 4) is 0 Å². The molecule has 1 aromatic rings. The summed E-state index contributed by atoms with van der Waals surface area (Å²) >= 11 is 0. The molecule has 0 radical (unpaired) electrons. The number of hydrogen-bond acceptors (Lipinski definition) is 2. The summed E-state index contributed by atoms with van der Waals surface area (Å²) in [6, 6.07) is 8.75. The van der Waals surface area contributed by atoms with Gasteiger partial charge in [0.05, 0.1) is 6.10 Å². The maximum Gasteiger partial charge on any atom is 0.0942 e. The molecule has 0 aliphatic heterocycles. The van der Waals surface area contributed by atoms with Gasteiger partial charge in [0.2, 0.25) is 0 Å². The second-order valence-corrected chi connectivity index (χ2v) is 5.02. The predicted molar refractivity (Wildman–Crippen MR) is 73.1 cm³/mol. The van der Waals surface area contributed by atoms with Crippen molar-refractivity contribution in [2.45, 2.75) is 52.3 Å². The molecular weight excluding hydrogens is 210 g/mol. The van der Waals surface area contributed by atoms with Crippen LogP contribution in [-0.4, -0.2) is 29.1 Å². The van der Waals surface area contributed by atoms with E-state index in [1.165, 1.54) is 5.56 Å². The van der Waals surface area contributed by atoms with Gasteiger partial charge in [-0.2, -0.15) is 0 Å². The number of hydrogen-bond donors (Lipinski definition) is 1. The molecule has 17 heavy (non-hydrogen) atoms. The Balaban J connectivity index is 2.75. The van der Waals surface area contributed by atoms with Crippen molar-refractivity contribution in [2.24, 2.45) is 0 Å². The van der Waals surface area contributed by atoms with Gasteiger partial charge in [0.15, 0.2) is 0 Å². The second kappa shape index (κ2) is 6.18. The summed E-state index contributed by atoms with van der Waals surface area (Å²) in [7, 11) is 2.08. The van der Waals surface area contributed by atoms with Gasteiger partial charge in [0.1, 0.15) is 0 Å². The van der Waals surface area contributed by atoms with Gasteiger partial charge in [-0.3, -0.25) is 4.90 Å². The van der Waals surface area contributed by atoms with Crippen molar-refractivity contribution in [3.63, 3.8) is 0 Å². The molecule has 0 aromatic heterocycles. The average molecular weight is 235 g/mol. The molecule has 0 aliphatic carbocycles. The van der Waals surface area contributed by atoms with E-state index in [9.17, 15) is 5.11 Å². The van der Waals surface area contributed by atoms with Crippen molar-refractivity contribution >= 4 is 0 Å². The predicted octanol–water partition coefficient (Wildman–Crippen LogP) is 3.15. The second-order valence-electron chi connectivity index (χ2n) is 5.02. The molecule has 1 rings (SSSR count). The topological polar surface area (TPSA) is 23.5 Å². The number of benzene rings is 1. The van der Waals surface area contributed by atoms with Crippen LogP contribution >= 0.6 is 0 Å². The molecule has 0 amide bonds. The first-order chi connectivity index (χ1) is 7.97. The van der Waals surface area contributed by atoms with E-state index < -0.39 is 6.10 Å². The van der Waals surface area contributed by atoms with Gasteiger partial charge < -0.3 is 5.11 Å². The molecule has 3 unspecified atom stereocenters. The van der Waals surface area contributed by atoms with Gasteiger partial charge in [0.25, 0.3) is 0 Å². The van der Waals surface area contributed by atoms with Crippen molar-refractivity contribution < 1.29 is 5.11 Å². The minimum atomic E-state index is -0.422. The van der Waals surface area contributed by atoms with Crippen LogP contribution in [0, 0.1) is 6.92 Å². The summed E-state index contributed by atoms with van der Waals surface area (Å²) in [5.41, 5.74) is 2.22. The third-order valence-electron chi connectivity index (χ3n) is 3.80. The highest BCUT2D eigenvalue weighted by Crippen LogP contribution is 2.22. The van der Waals surface area contributed by atoms with E-state index in [2.05, 4.69) is 51.8 Å². The SMILES string of the molecule is CCC(C)N(C)C(C)C(O)c1ccc(C)cc1. The maximum absolute atomic E-state index is 10.4. The summed E-state index contributed by atoms with van der Waals surface area (Å²) in [4.78, 5) is 2.24. The van der Waals surface area contributed by atoms with Gasteiger partial charge in [-0.05, 0) is 39.8 Å². The molecule has 2 heteroatoms. The lowest BCUT2D eigenvalue weighted by Gasteiger charge is -2.33. The van der Waals surface area contributed by atoms with Crippen molar-refractivity contribution in [1.29, 1.82) is 0 Å². The van der Waals surface area contributed by atoms with E-state index in [1.54, 1.807) is 0 Å². The Kier molecular flexibility index (Phi) is 5.16. The lowest BCUT2D eigenvalue weighted by molar-refractivity contribution is 0.0522. The molecule has 96 valence electrons. The highest BCUT2D eigenvalue weighted by Gasteiger charge is 2.22. The number of likely N-dealkylation sites (N-methyl/N-ethyl adjacent to an activating group) is 1. The lowest BCUT2D eigenvalue weighted by Crippen LogP contribution is -2.40. The summed E-state index contributed by atoms with van der Waals surface area (Å²) in [5, 5.41) is 10.4. The van der Waals surface area contributed by atoms with Crippen LogP contribution in [0.5, 0.6) is 0 Å². The van der Waals surface area contributed by atoms with E-state index in [0.717, 1.165) is 12.0 Å². The fraction of sp³-hybridized carbons (Fsp3) is 0.600. The van der Waals surface area contributed by atoms with E-state index in [1.807, 2.05) is 12.1 Å². The third kappa shape index (κ3) is 3.55. The third-order valence-corrected chi connectivity index (χ3v) is 3.80. The first-order valence-corrected chi connectivity index (χ1v) is 6.44. The largest absolute Gasteiger partial charge is 0.387 e. The van der Waals surface area contributed by atoms with Crippen molar-refractivity contribution in [3.05, 3.63) is 35.4 Å². The van der Waals surface area contributed by atoms with Crippen LogP contribution in [0.2, 0.25) is 0 Å².